The lowest BCUT2D eigenvalue weighted by Crippen LogP contribution is -2.14. The highest BCUT2D eigenvalue weighted by molar-refractivity contribution is 7.92. The molecule has 0 heterocycles. The average Bonchev–Trinajstić information content (AvgIpc) is 3.29. The Labute approximate surface area is 182 Å². The Balaban J connectivity index is 1.36. The van der Waals surface area contributed by atoms with E-state index in [1.54, 1.807) is 42.5 Å². The summed E-state index contributed by atoms with van der Waals surface area (Å²) in [5, 5.41) is 2.84. The first-order valence-corrected chi connectivity index (χ1v) is 11.7. The number of nitrogens with one attached hydrogen (secondary N) is 2. The van der Waals surface area contributed by atoms with Gasteiger partial charge in [-0.3, -0.25) is 9.52 Å². The third-order valence-corrected chi connectivity index (χ3v) is 6.57. The predicted molar refractivity (Wildman–Crippen MR) is 121 cm³/mol. The molecule has 4 rings (SSSR count). The second kappa shape index (κ2) is 9.22. The molecule has 3 aromatic rings. The number of anilines is 2. The summed E-state index contributed by atoms with van der Waals surface area (Å²) < 4.78 is 33.2. The van der Waals surface area contributed by atoms with Gasteiger partial charge in [-0.15, -0.1) is 0 Å². The van der Waals surface area contributed by atoms with Crippen LogP contribution in [-0.2, 0) is 10.0 Å². The van der Waals surface area contributed by atoms with Crippen LogP contribution in [-0.4, -0.2) is 20.4 Å². The molecule has 0 radical (unpaired) electrons. The minimum Gasteiger partial charge on any atom is -0.490 e. The second-order valence-corrected chi connectivity index (χ2v) is 9.18. The molecule has 0 spiro atoms. The van der Waals surface area contributed by atoms with Crippen LogP contribution in [0.25, 0.3) is 0 Å². The molecule has 0 aliphatic heterocycles. The highest BCUT2D eigenvalue weighted by atomic mass is 32.2. The number of hydrogen-bond donors (Lipinski definition) is 2. The standard InChI is InChI=1S/C24H24N2O4S/c27-24(25-19-14-16-22(17-15-19)30-21-6-4-5-7-21)18-10-12-20(13-11-18)26-31(28,29)23-8-2-1-3-9-23/h1-3,8-17,21,26H,4-7H2,(H,25,27). The Morgan fingerprint density at radius 2 is 1.42 bits per heavy atom. The number of ether oxygens (including phenoxy) is 1. The zero-order valence-electron chi connectivity index (χ0n) is 17.0. The Morgan fingerprint density at radius 1 is 0.806 bits per heavy atom. The van der Waals surface area contributed by atoms with Crippen LogP contribution in [0.4, 0.5) is 11.4 Å². The number of carbonyl (C=O) groups excluding carboxylic acids is 1. The lowest BCUT2D eigenvalue weighted by atomic mass is 10.2. The summed E-state index contributed by atoms with van der Waals surface area (Å²) in [6, 6.07) is 21.7. The largest absolute Gasteiger partial charge is 0.490 e. The van der Waals surface area contributed by atoms with Gasteiger partial charge < -0.3 is 10.1 Å². The molecular weight excluding hydrogens is 412 g/mol. The molecule has 1 aliphatic rings. The van der Waals surface area contributed by atoms with Gasteiger partial charge in [-0.25, -0.2) is 8.42 Å². The summed E-state index contributed by atoms with van der Waals surface area (Å²) in [7, 11) is -3.67. The fraction of sp³-hybridized carbons (Fsp3) is 0.208. The normalized spacial score (nSPS) is 14.2. The van der Waals surface area contributed by atoms with E-state index in [0.29, 0.717) is 23.0 Å². The SMILES string of the molecule is O=C(Nc1ccc(OC2CCCC2)cc1)c1ccc(NS(=O)(=O)c2ccccc2)cc1. The van der Waals surface area contributed by atoms with Crippen LogP contribution in [0.2, 0.25) is 0 Å². The van der Waals surface area contributed by atoms with Crippen LogP contribution in [0, 0.1) is 0 Å². The van der Waals surface area contributed by atoms with E-state index in [1.807, 2.05) is 24.3 Å². The lowest BCUT2D eigenvalue weighted by molar-refractivity contribution is 0.102. The third-order valence-electron chi connectivity index (χ3n) is 5.17. The van der Waals surface area contributed by atoms with Gasteiger partial charge in [0.2, 0.25) is 0 Å². The molecule has 1 fully saturated rings. The first kappa shape index (κ1) is 20.9. The number of carbonyl (C=O) groups is 1. The van der Waals surface area contributed by atoms with Gasteiger partial charge in [-0.2, -0.15) is 0 Å². The van der Waals surface area contributed by atoms with E-state index >= 15 is 0 Å². The molecule has 160 valence electrons. The van der Waals surface area contributed by atoms with Gasteiger partial charge in [0.1, 0.15) is 5.75 Å². The van der Waals surface area contributed by atoms with Crippen molar-refractivity contribution in [2.75, 3.05) is 10.0 Å². The first-order valence-electron chi connectivity index (χ1n) is 10.3. The average molecular weight is 437 g/mol. The zero-order valence-corrected chi connectivity index (χ0v) is 17.8. The van der Waals surface area contributed by atoms with Crippen LogP contribution >= 0.6 is 0 Å². The molecule has 0 bridgehead atoms. The molecule has 1 aliphatic carbocycles. The monoisotopic (exact) mass is 436 g/mol. The Morgan fingerprint density at radius 3 is 2.06 bits per heavy atom. The minimum atomic E-state index is -3.67. The highest BCUT2D eigenvalue weighted by Crippen LogP contribution is 2.25. The summed E-state index contributed by atoms with van der Waals surface area (Å²) in [5.74, 6) is 0.530. The van der Waals surface area contributed by atoms with Crippen molar-refractivity contribution in [2.24, 2.45) is 0 Å². The number of amides is 1. The second-order valence-electron chi connectivity index (χ2n) is 7.50. The van der Waals surface area contributed by atoms with Crippen LogP contribution < -0.4 is 14.8 Å². The number of benzene rings is 3. The fourth-order valence-electron chi connectivity index (χ4n) is 3.52. The van der Waals surface area contributed by atoms with Gasteiger partial charge in [0.15, 0.2) is 0 Å². The summed E-state index contributed by atoms with van der Waals surface area (Å²) in [4.78, 5) is 12.7. The Kier molecular flexibility index (Phi) is 6.23. The van der Waals surface area contributed by atoms with Gasteiger partial charge in [0.25, 0.3) is 15.9 Å². The van der Waals surface area contributed by atoms with Crippen molar-refractivity contribution in [3.05, 3.63) is 84.4 Å². The zero-order chi connectivity index (χ0) is 21.7. The molecule has 0 unspecified atom stereocenters. The van der Waals surface area contributed by atoms with Gasteiger partial charge in [-0.1, -0.05) is 18.2 Å². The van der Waals surface area contributed by atoms with Crippen molar-refractivity contribution in [3.63, 3.8) is 0 Å². The van der Waals surface area contributed by atoms with E-state index in [9.17, 15) is 13.2 Å². The third kappa shape index (κ3) is 5.44. The topological polar surface area (TPSA) is 84.5 Å². The van der Waals surface area contributed by atoms with Crippen LogP contribution in [0.1, 0.15) is 36.0 Å². The molecular formula is C24H24N2O4S. The van der Waals surface area contributed by atoms with E-state index < -0.39 is 10.0 Å². The summed E-state index contributed by atoms with van der Waals surface area (Å²) in [6.07, 6.45) is 4.90. The maximum absolute atomic E-state index is 12.5. The molecule has 1 saturated carbocycles. The lowest BCUT2D eigenvalue weighted by Gasteiger charge is -2.13. The maximum atomic E-state index is 12.5. The molecule has 6 nitrogen and oxygen atoms in total. The van der Waals surface area contributed by atoms with Crippen LogP contribution in [0.15, 0.2) is 83.8 Å². The molecule has 7 heteroatoms. The Bertz CT molecular complexity index is 1120. The van der Waals surface area contributed by atoms with Gasteiger partial charge in [-0.05, 0) is 86.3 Å². The predicted octanol–water partition coefficient (Wildman–Crippen LogP) is 5.06. The van der Waals surface area contributed by atoms with Crippen molar-refractivity contribution in [1.29, 1.82) is 0 Å². The van der Waals surface area contributed by atoms with Crippen molar-refractivity contribution < 1.29 is 17.9 Å². The first-order chi connectivity index (χ1) is 15.0. The fourth-order valence-corrected chi connectivity index (χ4v) is 4.60. The Hall–Kier alpha value is -3.32. The van der Waals surface area contributed by atoms with Crippen molar-refractivity contribution >= 4 is 27.3 Å². The van der Waals surface area contributed by atoms with E-state index in [-0.39, 0.29) is 10.8 Å². The molecule has 31 heavy (non-hydrogen) atoms. The van der Waals surface area contributed by atoms with Crippen molar-refractivity contribution in [1.82, 2.24) is 0 Å². The van der Waals surface area contributed by atoms with Crippen molar-refractivity contribution in [2.45, 2.75) is 36.7 Å². The van der Waals surface area contributed by atoms with Gasteiger partial charge in [0, 0.05) is 16.9 Å². The number of hydrogen-bond acceptors (Lipinski definition) is 4. The highest BCUT2D eigenvalue weighted by Gasteiger charge is 2.17. The molecule has 3 aromatic carbocycles. The quantitative estimate of drug-likeness (QED) is 0.542. The van der Waals surface area contributed by atoms with Crippen molar-refractivity contribution in [3.8, 4) is 5.75 Å². The molecule has 0 atom stereocenters. The summed E-state index contributed by atoms with van der Waals surface area (Å²) in [5.41, 5.74) is 1.47. The van der Waals surface area contributed by atoms with E-state index in [2.05, 4.69) is 10.0 Å². The van der Waals surface area contributed by atoms with Crippen LogP contribution in [0.3, 0.4) is 0 Å². The molecule has 0 saturated heterocycles. The maximum Gasteiger partial charge on any atom is 0.261 e. The van der Waals surface area contributed by atoms with Crippen LogP contribution in [0.5, 0.6) is 5.75 Å². The van der Waals surface area contributed by atoms with Gasteiger partial charge >= 0.3 is 0 Å². The van der Waals surface area contributed by atoms with Gasteiger partial charge in [0.05, 0.1) is 11.0 Å². The number of rotatable bonds is 7. The summed E-state index contributed by atoms with van der Waals surface area (Å²) >= 11 is 0. The summed E-state index contributed by atoms with van der Waals surface area (Å²) in [6.45, 7) is 0. The molecule has 1 amide bonds. The van der Waals surface area contributed by atoms with E-state index in [0.717, 1.165) is 18.6 Å². The smallest absolute Gasteiger partial charge is 0.261 e. The minimum absolute atomic E-state index is 0.178. The van der Waals surface area contributed by atoms with E-state index in [1.165, 1.54) is 25.0 Å². The van der Waals surface area contributed by atoms with E-state index in [4.69, 9.17) is 4.74 Å². The number of sulfonamides is 1. The molecule has 2 N–H and O–H groups in total. The molecule has 0 aromatic heterocycles.